The van der Waals surface area contributed by atoms with Crippen LogP contribution in [-0.2, 0) is 4.74 Å². The molecule has 0 bridgehead atoms. The molecule has 5 heteroatoms. The van der Waals surface area contributed by atoms with Gasteiger partial charge in [-0.05, 0) is 24.6 Å². The Hall–Kier alpha value is -1.62. The maximum absolute atomic E-state index is 13.1. The molecule has 2 N–H and O–H groups in total. The minimum atomic E-state index is -0.444. The molecule has 0 aromatic heterocycles. The van der Waals surface area contributed by atoms with Gasteiger partial charge < -0.3 is 15.4 Å². The molecule has 1 aromatic carbocycles. The fourth-order valence-electron chi connectivity index (χ4n) is 2.27. The van der Waals surface area contributed by atoms with Gasteiger partial charge in [0.15, 0.2) is 0 Å². The molecule has 1 aliphatic rings. The number of nitrogens with zero attached hydrogens (tertiary/aromatic N) is 1. The fourth-order valence-corrected chi connectivity index (χ4v) is 2.27. The first kappa shape index (κ1) is 12.8. The molecule has 4 nitrogen and oxygen atoms in total. The van der Waals surface area contributed by atoms with E-state index < -0.39 is 5.82 Å². The largest absolute Gasteiger partial charge is 0.398 e. The Morgan fingerprint density at radius 3 is 3.11 bits per heavy atom. The maximum atomic E-state index is 13.1. The van der Waals surface area contributed by atoms with E-state index in [4.69, 9.17) is 10.5 Å². The summed E-state index contributed by atoms with van der Waals surface area (Å²) in [6.07, 6.45) is 0.912. The molecule has 1 aliphatic heterocycles. The fraction of sp³-hybridized carbons (Fsp3) is 0.462. The third kappa shape index (κ3) is 2.61. The lowest BCUT2D eigenvalue weighted by atomic mass is 10.1. The van der Waals surface area contributed by atoms with Crippen molar-refractivity contribution in [2.45, 2.75) is 6.42 Å². The Balaban J connectivity index is 2.10. The Bertz CT molecular complexity index is 451. The number of benzene rings is 1. The number of nitrogens with two attached hydrogens (primary N) is 1. The van der Waals surface area contributed by atoms with Crippen LogP contribution in [0.1, 0.15) is 16.8 Å². The van der Waals surface area contributed by atoms with Crippen molar-refractivity contribution in [3.05, 3.63) is 29.6 Å². The van der Waals surface area contributed by atoms with Crippen molar-refractivity contribution in [1.29, 1.82) is 0 Å². The lowest BCUT2D eigenvalue weighted by Gasteiger charge is -2.17. The summed E-state index contributed by atoms with van der Waals surface area (Å²) in [5.74, 6) is -0.292. The van der Waals surface area contributed by atoms with Crippen molar-refractivity contribution in [3.63, 3.8) is 0 Å². The molecule has 1 saturated heterocycles. The van der Waals surface area contributed by atoms with E-state index in [0.717, 1.165) is 6.42 Å². The van der Waals surface area contributed by atoms with Crippen LogP contribution >= 0.6 is 0 Å². The summed E-state index contributed by atoms with van der Waals surface area (Å²) in [4.78, 5) is 13.9. The maximum Gasteiger partial charge on any atom is 0.256 e. The summed E-state index contributed by atoms with van der Waals surface area (Å²) in [7, 11) is 1.65. The van der Waals surface area contributed by atoms with Gasteiger partial charge in [0.25, 0.3) is 5.91 Å². The van der Waals surface area contributed by atoms with Crippen LogP contribution in [0.4, 0.5) is 10.1 Å². The second kappa shape index (κ2) is 5.35. The van der Waals surface area contributed by atoms with Gasteiger partial charge in [0.05, 0.1) is 12.2 Å². The number of amides is 1. The Morgan fingerprint density at radius 1 is 1.61 bits per heavy atom. The van der Waals surface area contributed by atoms with E-state index in [1.54, 1.807) is 12.0 Å². The van der Waals surface area contributed by atoms with E-state index in [1.165, 1.54) is 18.2 Å². The summed E-state index contributed by atoms with van der Waals surface area (Å²) in [5, 5.41) is 0. The molecule has 2 rings (SSSR count). The molecule has 18 heavy (non-hydrogen) atoms. The van der Waals surface area contributed by atoms with Gasteiger partial charge in [-0.25, -0.2) is 4.39 Å². The van der Waals surface area contributed by atoms with Crippen molar-refractivity contribution < 1.29 is 13.9 Å². The van der Waals surface area contributed by atoms with Gasteiger partial charge in [0.2, 0.25) is 0 Å². The SMILES string of the molecule is COCC1CCN(C(=O)c2cc(F)ccc2N)C1. The van der Waals surface area contributed by atoms with Crippen molar-refractivity contribution in [3.8, 4) is 0 Å². The first-order valence-electron chi connectivity index (χ1n) is 5.95. The number of carbonyl (C=O) groups excluding carboxylic acids is 1. The molecule has 1 heterocycles. The van der Waals surface area contributed by atoms with E-state index in [2.05, 4.69) is 0 Å². The number of carbonyl (C=O) groups is 1. The molecule has 0 aliphatic carbocycles. The smallest absolute Gasteiger partial charge is 0.256 e. The zero-order valence-corrected chi connectivity index (χ0v) is 10.4. The predicted octanol–water partition coefficient (Wildman–Crippen LogP) is 1.52. The second-order valence-electron chi connectivity index (χ2n) is 4.59. The number of likely N-dealkylation sites (tertiary alicyclic amines) is 1. The molecular formula is C13H17FN2O2. The van der Waals surface area contributed by atoms with Crippen LogP contribution in [0.15, 0.2) is 18.2 Å². The minimum Gasteiger partial charge on any atom is -0.398 e. The van der Waals surface area contributed by atoms with Crippen LogP contribution in [0.5, 0.6) is 0 Å². The van der Waals surface area contributed by atoms with Crippen molar-refractivity contribution in [2.24, 2.45) is 5.92 Å². The average Bonchev–Trinajstić information content (AvgIpc) is 2.80. The standard InChI is InChI=1S/C13H17FN2O2/c1-18-8-9-4-5-16(7-9)13(17)11-6-10(14)2-3-12(11)15/h2-3,6,9H,4-5,7-8,15H2,1H3. The molecule has 1 amide bonds. The summed E-state index contributed by atoms with van der Waals surface area (Å²) < 4.78 is 18.2. The molecule has 0 saturated carbocycles. The number of ether oxygens (including phenoxy) is 1. The van der Waals surface area contributed by atoms with Crippen LogP contribution < -0.4 is 5.73 Å². The van der Waals surface area contributed by atoms with Crippen molar-refractivity contribution in [1.82, 2.24) is 4.90 Å². The normalized spacial score (nSPS) is 19.2. The van der Waals surface area contributed by atoms with Gasteiger partial charge in [-0.2, -0.15) is 0 Å². The summed E-state index contributed by atoms with van der Waals surface area (Å²) in [6, 6.07) is 3.87. The lowest BCUT2D eigenvalue weighted by molar-refractivity contribution is 0.0776. The highest BCUT2D eigenvalue weighted by Crippen LogP contribution is 2.22. The van der Waals surface area contributed by atoms with Crippen LogP contribution in [0.3, 0.4) is 0 Å². The van der Waals surface area contributed by atoms with Gasteiger partial charge in [0, 0.05) is 31.8 Å². The quantitative estimate of drug-likeness (QED) is 0.830. The van der Waals surface area contributed by atoms with Gasteiger partial charge in [-0.15, -0.1) is 0 Å². The average molecular weight is 252 g/mol. The zero-order valence-electron chi connectivity index (χ0n) is 10.4. The summed E-state index contributed by atoms with van der Waals surface area (Å²) in [5.41, 5.74) is 6.27. The van der Waals surface area contributed by atoms with Gasteiger partial charge in [0.1, 0.15) is 5.82 Å². The lowest BCUT2D eigenvalue weighted by Crippen LogP contribution is -2.30. The molecule has 1 atom stereocenters. The molecule has 0 spiro atoms. The van der Waals surface area contributed by atoms with E-state index >= 15 is 0 Å². The van der Waals surface area contributed by atoms with E-state index in [0.29, 0.717) is 31.3 Å². The number of hydrogen-bond acceptors (Lipinski definition) is 3. The molecule has 1 aromatic rings. The third-order valence-corrected chi connectivity index (χ3v) is 3.22. The van der Waals surface area contributed by atoms with Crippen LogP contribution in [0.25, 0.3) is 0 Å². The molecule has 1 unspecified atom stereocenters. The summed E-state index contributed by atoms with van der Waals surface area (Å²) >= 11 is 0. The van der Waals surface area contributed by atoms with E-state index in [1.807, 2.05) is 0 Å². The van der Waals surface area contributed by atoms with Crippen molar-refractivity contribution >= 4 is 11.6 Å². The van der Waals surface area contributed by atoms with Gasteiger partial charge in [-0.1, -0.05) is 0 Å². The van der Waals surface area contributed by atoms with Gasteiger partial charge in [-0.3, -0.25) is 4.79 Å². The number of nitrogen functional groups attached to an aromatic ring is 1. The number of rotatable bonds is 3. The van der Waals surface area contributed by atoms with Crippen molar-refractivity contribution in [2.75, 3.05) is 32.5 Å². The first-order chi connectivity index (χ1) is 8.61. The van der Waals surface area contributed by atoms with Crippen LogP contribution in [-0.4, -0.2) is 37.6 Å². The van der Waals surface area contributed by atoms with Crippen LogP contribution in [0, 0.1) is 11.7 Å². The Labute approximate surface area is 106 Å². The number of methoxy groups -OCH3 is 1. The third-order valence-electron chi connectivity index (χ3n) is 3.22. The molecular weight excluding hydrogens is 235 g/mol. The van der Waals surface area contributed by atoms with E-state index in [-0.39, 0.29) is 11.5 Å². The molecule has 1 fully saturated rings. The summed E-state index contributed by atoms with van der Waals surface area (Å²) in [6.45, 7) is 1.95. The highest BCUT2D eigenvalue weighted by atomic mass is 19.1. The monoisotopic (exact) mass is 252 g/mol. The number of halogens is 1. The highest BCUT2D eigenvalue weighted by Gasteiger charge is 2.27. The number of anilines is 1. The van der Waals surface area contributed by atoms with Gasteiger partial charge >= 0.3 is 0 Å². The highest BCUT2D eigenvalue weighted by molar-refractivity contribution is 5.99. The Morgan fingerprint density at radius 2 is 2.39 bits per heavy atom. The number of hydrogen-bond donors (Lipinski definition) is 1. The van der Waals surface area contributed by atoms with Crippen LogP contribution in [0.2, 0.25) is 0 Å². The molecule has 98 valence electrons. The minimum absolute atomic E-state index is 0.203. The first-order valence-corrected chi connectivity index (χ1v) is 5.95. The second-order valence-corrected chi connectivity index (χ2v) is 4.59. The topological polar surface area (TPSA) is 55.6 Å². The molecule has 0 radical (unpaired) electrons. The predicted molar refractivity (Wildman–Crippen MR) is 66.7 cm³/mol. The zero-order chi connectivity index (χ0) is 13.1. The van der Waals surface area contributed by atoms with E-state index in [9.17, 15) is 9.18 Å². The Kier molecular flexibility index (Phi) is 3.81.